The molecule has 0 aliphatic rings. The summed E-state index contributed by atoms with van der Waals surface area (Å²) in [5.74, 6) is 0. The molecule has 0 unspecified atom stereocenters. The van der Waals surface area contributed by atoms with Crippen molar-refractivity contribution < 1.29 is 30.8 Å². The molecule has 6 heavy (non-hydrogen) atoms. The molecule has 0 aromatic heterocycles. The maximum atomic E-state index is 8.61. The number of rotatable bonds is 0. The van der Waals surface area contributed by atoms with E-state index in [-0.39, 0.29) is 26.2 Å². The van der Waals surface area contributed by atoms with Gasteiger partial charge in [-0.2, -0.15) is 0 Å². The molecule has 0 amide bonds. The molecule has 4 nitrogen and oxygen atoms in total. The van der Waals surface area contributed by atoms with E-state index in [0.29, 0.717) is 0 Å². The standard InChI is InChI=1S/Bi.4O.V/q+3;;3*-1;. The Kier molecular flexibility index (Phi) is 5.42. The van der Waals surface area contributed by atoms with Crippen molar-refractivity contribution in [1.29, 1.82) is 0 Å². The van der Waals surface area contributed by atoms with Crippen LogP contribution >= 0.6 is 0 Å². The van der Waals surface area contributed by atoms with Crippen molar-refractivity contribution in [2.45, 2.75) is 0 Å². The van der Waals surface area contributed by atoms with E-state index in [0.717, 1.165) is 0 Å². The van der Waals surface area contributed by atoms with E-state index in [1.807, 2.05) is 0 Å². The van der Waals surface area contributed by atoms with E-state index in [1.165, 1.54) is 0 Å². The Morgan fingerprint density at radius 3 is 1.17 bits per heavy atom. The Morgan fingerprint density at radius 1 is 1.17 bits per heavy atom. The molecule has 0 aromatic carbocycles. The first kappa shape index (κ1) is 10.2. The normalized spacial score (nSPS) is 9.83. The topological polar surface area (TPSA) is 86.2 Å². The van der Waals surface area contributed by atoms with Crippen LogP contribution in [0.4, 0.5) is 0 Å². The fourth-order valence-electron chi connectivity index (χ4n) is 0. The van der Waals surface area contributed by atoms with Gasteiger partial charge >= 0.3 is 57.0 Å². The quantitative estimate of drug-likeness (QED) is 0.424. The van der Waals surface area contributed by atoms with Crippen molar-refractivity contribution in [2.24, 2.45) is 0 Å². The van der Waals surface area contributed by atoms with Gasteiger partial charge in [-0.1, -0.05) is 0 Å². The molecular weight excluding hydrogens is 324 g/mol. The van der Waals surface area contributed by atoms with Crippen LogP contribution in [0.2, 0.25) is 0 Å². The summed E-state index contributed by atoms with van der Waals surface area (Å²) < 4.78 is 34.4. The number of hydrogen-bond donors (Lipinski definition) is 0. The SMILES string of the molecule is [Bi+3].[O]=[V]([O-])([O-])[O-]. The molecule has 34 valence electrons. The van der Waals surface area contributed by atoms with Crippen LogP contribution in [0, 0.1) is 0 Å². The van der Waals surface area contributed by atoms with Crippen LogP contribution in [-0.2, 0) is 18.7 Å². The van der Waals surface area contributed by atoms with E-state index < -0.39 is 15.0 Å². The third-order valence-corrected chi connectivity index (χ3v) is 0. The Bertz CT molecular complexity index is 53.7. The van der Waals surface area contributed by atoms with E-state index >= 15 is 0 Å². The predicted octanol–water partition coefficient (Wildman–Crippen LogP) is -4.07. The van der Waals surface area contributed by atoms with Crippen molar-refractivity contribution in [1.82, 2.24) is 0 Å². The zero-order valence-electron chi connectivity index (χ0n) is 2.53. The molecule has 0 fully saturated rings. The van der Waals surface area contributed by atoms with Gasteiger partial charge in [0.2, 0.25) is 0 Å². The average molecular weight is 324 g/mol. The summed E-state index contributed by atoms with van der Waals surface area (Å²) in [6.07, 6.45) is 0. The Labute approximate surface area is 56.9 Å². The zero-order chi connectivity index (χ0) is 4.50. The molecule has 0 bridgehead atoms. The first-order valence-electron chi connectivity index (χ1n) is 0.730. The zero-order valence-corrected chi connectivity index (χ0v) is 7.40. The summed E-state index contributed by atoms with van der Waals surface area (Å²) in [6.45, 7) is 0. The van der Waals surface area contributed by atoms with Crippen molar-refractivity contribution in [2.75, 3.05) is 0 Å². The van der Waals surface area contributed by atoms with Gasteiger partial charge in [0.05, 0.1) is 0 Å². The molecular formula is BiO4V. The summed E-state index contributed by atoms with van der Waals surface area (Å²) >= 11 is -5.88. The molecule has 0 aliphatic carbocycles. The molecule has 0 N–H and O–H groups in total. The molecule has 0 heterocycles. The molecule has 0 spiro atoms. The fraction of sp³-hybridized carbons (Fsp3) is 0. The van der Waals surface area contributed by atoms with Crippen LogP contribution in [0.5, 0.6) is 0 Å². The Hall–Kier alpha value is 1.15. The van der Waals surface area contributed by atoms with Gasteiger partial charge in [-0.25, -0.2) is 0 Å². The molecule has 0 aliphatic heterocycles. The van der Waals surface area contributed by atoms with Gasteiger partial charge in [0.25, 0.3) is 0 Å². The Balaban J connectivity index is 0. The predicted molar refractivity (Wildman–Crippen MR) is 6.44 cm³/mol. The maximum absolute atomic E-state index is 8.61. The number of hydrogen-bond acceptors (Lipinski definition) is 4. The molecule has 6 heteroatoms. The van der Waals surface area contributed by atoms with Crippen molar-refractivity contribution in [3.05, 3.63) is 0 Å². The van der Waals surface area contributed by atoms with E-state index in [9.17, 15) is 0 Å². The van der Waals surface area contributed by atoms with Crippen LogP contribution in [0.15, 0.2) is 0 Å². The second-order valence-electron chi connectivity index (χ2n) is 0.447. The van der Waals surface area contributed by atoms with Gasteiger partial charge in [0.1, 0.15) is 0 Å². The first-order chi connectivity index (χ1) is 2.00. The molecule has 0 saturated carbocycles. The minimum absolute atomic E-state index is 0. The molecule has 0 rings (SSSR count). The van der Waals surface area contributed by atoms with Crippen molar-refractivity contribution in [3.8, 4) is 0 Å². The van der Waals surface area contributed by atoms with Gasteiger partial charge in [-0.3, -0.25) is 0 Å². The summed E-state index contributed by atoms with van der Waals surface area (Å²) in [5, 5.41) is 0. The molecule has 0 atom stereocenters. The third-order valence-electron chi connectivity index (χ3n) is 0. The van der Waals surface area contributed by atoms with Crippen LogP contribution < -0.4 is 12.1 Å². The summed E-state index contributed by atoms with van der Waals surface area (Å²) in [7, 11) is 0. The first-order valence-corrected chi connectivity index (χ1v) is 3.01. The average Bonchev–Trinajstić information content (AvgIpc) is 0.722. The summed E-state index contributed by atoms with van der Waals surface area (Å²) in [4.78, 5) is 0. The van der Waals surface area contributed by atoms with Crippen LogP contribution in [0.3, 0.4) is 0 Å². The minimum atomic E-state index is -5.88. The van der Waals surface area contributed by atoms with Gasteiger partial charge in [0, 0.05) is 0 Å². The van der Waals surface area contributed by atoms with Crippen LogP contribution in [-0.4, -0.2) is 26.2 Å². The monoisotopic (exact) mass is 324 g/mol. The summed E-state index contributed by atoms with van der Waals surface area (Å²) in [6, 6.07) is 0. The van der Waals surface area contributed by atoms with Gasteiger partial charge < -0.3 is 0 Å². The summed E-state index contributed by atoms with van der Waals surface area (Å²) in [5.41, 5.74) is 0. The molecule has 0 saturated heterocycles. The van der Waals surface area contributed by atoms with Crippen molar-refractivity contribution >= 4 is 26.2 Å². The second-order valence-corrected chi connectivity index (χ2v) is 1.84. The van der Waals surface area contributed by atoms with Crippen LogP contribution in [0.25, 0.3) is 0 Å². The van der Waals surface area contributed by atoms with Gasteiger partial charge in [-0.15, -0.1) is 0 Å². The third kappa shape index (κ3) is 67.2. The van der Waals surface area contributed by atoms with Gasteiger partial charge in [0.15, 0.2) is 0 Å². The molecule has 2 radical (unpaired) electrons. The Morgan fingerprint density at radius 2 is 1.17 bits per heavy atom. The van der Waals surface area contributed by atoms with Gasteiger partial charge in [-0.05, 0) is 0 Å². The van der Waals surface area contributed by atoms with E-state index in [2.05, 4.69) is 0 Å². The fourth-order valence-corrected chi connectivity index (χ4v) is 0. The van der Waals surface area contributed by atoms with E-state index in [1.54, 1.807) is 0 Å². The van der Waals surface area contributed by atoms with E-state index in [4.69, 9.17) is 15.8 Å². The van der Waals surface area contributed by atoms with Crippen LogP contribution in [0.1, 0.15) is 0 Å². The van der Waals surface area contributed by atoms with Crippen molar-refractivity contribution in [3.63, 3.8) is 0 Å². The second kappa shape index (κ2) is 3.19. The molecule has 0 aromatic rings.